The first kappa shape index (κ1) is 21.9. The van der Waals surface area contributed by atoms with Crippen molar-refractivity contribution in [2.75, 3.05) is 6.54 Å². The molecule has 1 amide bonds. The molecule has 0 atom stereocenters. The van der Waals surface area contributed by atoms with Gasteiger partial charge in [0.1, 0.15) is 12.5 Å². The fourth-order valence-corrected chi connectivity index (χ4v) is 3.78. The Morgan fingerprint density at radius 2 is 1.93 bits per heavy atom. The van der Waals surface area contributed by atoms with Crippen molar-refractivity contribution in [1.82, 2.24) is 19.7 Å². The summed E-state index contributed by atoms with van der Waals surface area (Å²) < 4.78 is 1.65. The SMILES string of the molecule is O=CCn1c(=O)cnn(-c2ccc(Cl)c(C(=O)NCC3(O)CCCCCC3)c2)c1=O. The Morgan fingerprint density at radius 1 is 1.23 bits per heavy atom. The van der Waals surface area contributed by atoms with Gasteiger partial charge in [-0.15, -0.1) is 0 Å². The van der Waals surface area contributed by atoms with E-state index in [0.29, 0.717) is 19.1 Å². The maximum Gasteiger partial charge on any atom is 0.352 e. The van der Waals surface area contributed by atoms with Gasteiger partial charge in [-0.3, -0.25) is 14.2 Å². The highest BCUT2D eigenvalue weighted by Gasteiger charge is 2.28. The van der Waals surface area contributed by atoms with Crippen molar-refractivity contribution >= 4 is 23.8 Å². The van der Waals surface area contributed by atoms with E-state index in [-0.39, 0.29) is 22.8 Å². The standard InChI is InChI=1S/C20H23ClN4O5/c21-16-6-5-14(25-19(29)24(9-10-26)17(27)12-23-25)11-15(16)18(28)22-13-20(30)7-3-1-2-4-8-20/h5-6,10-12,30H,1-4,7-9,13H2,(H,22,28). The molecular weight excluding hydrogens is 412 g/mol. The summed E-state index contributed by atoms with van der Waals surface area (Å²) in [5, 5.41) is 17.4. The van der Waals surface area contributed by atoms with E-state index in [1.807, 2.05) is 0 Å². The summed E-state index contributed by atoms with van der Waals surface area (Å²) >= 11 is 6.17. The molecule has 3 rings (SSSR count). The maximum atomic E-state index is 12.7. The minimum atomic E-state index is -0.945. The molecule has 0 bridgehead atoms. The van der Waals surface area contributed by atoms with Gasteiger partial charge in [-0.25, -0.2) is 4.79 Å². The zero-order valence-corrected chi connectivity index (χ0v) is 17.1. The Labute approximate surface area is 177 Å². The van der Waals surface area contributed by atoms with Gasteiger partial charge in [-0.2, -0.15) is 9.78 Å². The minimum absolute atomic E-state index is 0.105. The van der Waals surface area contributed by atoms with Crippen LogP contribution in [-0.2, 0) is 11.3 Å². The number of carbonyl (C=O) groups excluding carboxylic acids is 2. The van der Waals surface area contributed by atoms with Crippen LogP contribution >= 0.6 is 11.6 Å². The Kier molecular flexibility index (Phi) is 6.84. The molecule has 1 fully saturated rings. The number of aromatic nitrogens is 3. The molecule has 0 unspecified atom stereocenters. The number of nitrogens with one attached hydrogen (secondary N) is 1. The summed E-state index contributed by atoms with van der Waals surface area (Å²) in [6.07, 6.45) is 6.56. The van der Waals surface area contributed by atoms with E-state index in [0.717, 1.165) is 41.1 Å². The van der Waals surface area contributed by atoms with Gasteiger partial charge in [-0.05, 0) is 31.0 Å². The molecule has 0 spiro atoms. The predicted molar refractivity (Wildman–Crippen MR) is 110 cm³/mol. The van der Waals surface area contributed by atoms with Crippen molar-refractivity contribution in [3.8, 4) is 5.69 Å². The first-order valence-electron chi connectivity index (χ1n) is 9.78. The fraction of sp³-hybridized carbons (Fsp3) is 0.450. The smallest absolute Gasteiger partial charge is 0.352 e. The molecule has 1 heterocycles. The molecule has 1 aromatic heterocycles. The van der Waals surface area contributed by atoms with Crippen LogP contribution in [0, 0.1) is 0 Å². The van der Waals surface area contributed by atoms with Crippen molar-refractivity contribution < 1.29 is 14.7 Å². The molecule has 30 heavy (non-hydrogen) atoms. The van der Waals surface area contributed by atoms with E-state index in [9.17, 15) is 24.3 Å². The number of halogens is 1. The summed E-state index contributed by atoms with van der Waals surface area (Å²) in [5.74, 6) is -0.492. The lowest BCUT2D eigenvalue weighted by Gasteiger charge is -2.26. The van der Waals surface area contributed by atoms with Gasteiger partial charge in [0, 0.05) is 6.54 Å². The Balaban J connectivity index is 1.86. The lowest BCUT2D eigenvalue weighted by Crippen LogP contribution is -2.42. The third kappa shape index (κ3) is 4.85. The second-order valence-corrected chi connectivity index (χ2v) is 7.85. The molecule has 9 nitrogen and oxygen atoms in total. The monoisotopic (exact) mass is 434 g/mol. The number of rotatable bonds is 6. The van der Waals surface area contributed by atoms with Crippen LogP contribution in [0.1, 0.15) is 48.9 Å². The normalized spacial score (nSPS) is 15.9. The number of carbonyl (C=O) groups is 2. The Hall–Kier alpha value is -2.78. The number of nitrogens with zero attached hydrogens (tertiary/aromatic N) is 3. The predicted octanol–water partition coefficient (Wildman–Crippen LogP) is 1.06. The average Bonchev–Trinajstić information content (AvgIpc) is 2.95. The highest BCUT2D eigenvalue weighted by Crippen LogP contribution is 2.26. The molecule has 1 aliphatic rings. The van der Waals surface area contributed by atoms with Gasteiger partial charge in [0.05, 0.1) is 28.4 Å². The molecule has 0 radical (unpaired) electrons. The zero-order valence-electron chi connectivity index (χ0n) is 16.3. The van der Waals surface area contributed by atoms with Crippen LogP contribution in [0.5, 0.6) is 0 Å². The van der Waals surface area contributed by atoms with Gasteiger partial charge in [0.2, 0.25) is 0 Å². The van der Waals surface area contributed by atoms with Crippen molar-refractivity contribution in [3.63, 3.8) is 0 Å². The quantitative estimate of drug-likeness (QED) is 0.517. The zero-order chi connectivity index (χ0) is 21.7. The van der Waals surface area contributed by atoms with Crippen LogP contribution in [0.4, 0.5) is 0 Å². The van der Waals surface area contributed by atoms with Crippen LogP contribution in [0.2, 0.25) is 5.02 Å². The third-order valence-corrected chi connectivity index (χ3v) is 5.60. The van der Waals surface area contributed by atoms with Gasteiger partial charge >= 0.3 is 5.69 Å². The van der Waals surface area contributed by atoms with E-state index < -0.39 is 29.3 Å². The molecule has 0 saturated heterocycles. The van der Waals surface area contributed by atoms with Crippen molar-refractivity contribution in [3.05, 3.63) is 55.8 Å². The summed E-state index contributed by atoms with van der Waals surface area (Å²) in [4.78, 5) is 47.7. The van der Waals surface area contributed by atoms with Crippen molar-refractivity contribution in [1.29, 1.82) is 0 Å². The molecule has 160 valence electrons. The van der Waals surface area contributed by atoms with E-state index in [1.165, 1.54) is 18.2 Å². The second kappa shape index (κ2) is 9.36. The average molecular weight is 435 g/mol. The lowest BCUT2D eigenvalue weighted by molar-refractivity contribution is -0.108. The third-order valence-electron chi connectivity index (χ3n) is 5.27. The van der Waals surface area contributed by atoms with Crippen LogP contribution in [0.3, 0.4) is 0 Å². The number of hydrogen-bond acceptors (Lipinski definition) is 6. The molecular formula is C20H23ClN4O5. The summed E-state index contributed by atoms with van der Waals surface area (Å²) in [5.41, 5.74) is -2.14. The number of benzene rings is 1. The summed E-state index contributed by atoms with van der Waals surface area (Å²) in [7, 11) is 0. The van der Waals surface area contributed by atoms with Gasteiger partial charge < -0.3 is 15.2 Å². The van der Waals surface area contributed by atoms with E-state index >= 15 is 0 Å². The summed E-state index contributed by atoms with van der Waals surface area (Å²) in [6.45, 7) is -0.297. The molecule has 10 heteroatoms. The molecule has 1 aliphatic carbocycles. The number of amides is 1. The minimum Gasteiger partial charge on any atom is -0.388 e. The Morgan fingerprint density at radius 3 is 2.60 bits per heavy atom. The number of aldehydes is 1. The highest BCUT2D eigenvalue weighted by molar-refractivity contribution is 6.33. The second-order valence-electron chi connectivity index (χ2n) is 7.44. The molecule has 0 aliphatic heterocycles. The Bertz CT molecular complexity index is 1050. The highest BCUT2D eigenvalue weighted by atomic mass is 35.5. The summed E-state index contributed by atoms with van der Waals surface area (Å²) in [6, 6.07) is 4.29. The largest absolute Gasteiger partial charge is 0.388 e. The van der Waals surface area contributed by atoms with Crippen molar-refractivity contribution in [2.45, 2.75) is 50.7 Å². The number of hydrogen-bond donors (Lipinski definition) is 2. The molecule has 1 aromatic carbocycles. The molecule has 2 aromatic rings. The van der Waals surface area contributed by atoms with E-state index in [4.69, 9.17) is 11.6 Å². The van der Waals surface area contributed by atoms with Crippen LogP contribution in [0.15, 0.2) is 34.0 Å². The topological polar surface area (TPSA) is 123 Å². The lowest BCUT2D eigenvalue weighted by atomic mass is 9.94. The van der Waals surface area contributed by atoms with Crippen LogP contribution < -0.4 is 16.6 Å². The first-order chi connectivity index (χ1) is 14.3. The van der Waals surface area contributed by atoms with Crippen LogP contribution in [-0.4, -0.2) is 43.8 Å². The van der Waals surface area contributed by atoms with Crippen LogP contribution in [0.25, 0.3) is 5.69 Å². The van der Waals surface area contributed by atoms with Gasteiger partial charge in [0.15, 0.2) is 0 Å². The molecule has 1 saturated carbocycles. The van der Waals surface area contributed by atoms with Gasteiger partial charge in [-0.1, -0.05) is 37.3 Å². The number of aliphatic hydroxyl groups is 1. The van der Waals surface area contributed by atoms with E-state index in [1.54, 1.807) is 0 Å². The molecule has 2 N–H and O–H groups in total. The van der Waals surface area contributed by atoms with E-state index in [2.05, 4.69) is 10.4 Å². The first-order valence-corrected chi connectivity index (χ1v) is 10.2. The van der Waals surface area contributed by atoms with Gasteiger partial charge in [0.25, 0.3) is 11.5 Å². The maximum absolute atomic E-state index is 12.7. The fourth-order valence-electron chi connectivity index (χ4n) is 3.58. The van der Waals surface area contributed by atoms with Crippen molar-refractivity contribution in [2.24, 2.45) is 0 Å².